The van der Waals surface area contributed by atoms with Crippen LogP contribution in [0.15, 0.2) is 53.3 Å². The van der Waals surface area contributed by atoms with Gasteiger partial charge >= 0.3 is 6.09 Å². The van der Waals surface area contributed by atoms with Crippen LogP contribution in [0.3, 0.4) is 0 Å². The molecule has 0 aliphatic rings. The summed E-state index contributed by atoms with van der Waals surface area (Å²) in [7, 11) is 0. The maximum absolute atomic E-state index is 11.6. The molecule has 2 rings (SSSR count). The van der Waals surface area contributed by atoms with E-state index in [-0.39, 0.29) is 13.2 Å². The van der Waals surface area contributed by atoms with Gasteiger partial charge in [-0.2, -0.15) is 0 Å². The van der Waals surface area contributed by atoms with Crippen LogP contribution < -0.4 is 5.32 Å². The van der Waals surface area contributed by atoms with E-state index in [0.717, 1.165) is 5.56 Å². The normalized spacial score (nSPS) is 13.2. The molecule has 122 valence electrons. The molecule has 0 aliphatic heterocycles. The molecule has 23 heavy (non-hydrogen) atoms. The Morgan fingerprint density at radius 1 is 1.26 bits per heavy atom. The molecule has 0 bridgehead atoms. The number of nitrogens with zero attached hydrogens (tertiary/aromatic N) is 1. The zero-order chi connectivity index (χ0) is 16.7. The summed E-state index contributed by atoms with van der Waals surface area (Å²) in [6.45, 7) is 0.00474. The molecule has 2 aromatic rings. The Hall–Kier alpha value is -1.96. The second-order valence-corrected chi connectivity index (χ2v) is 5.71. The third kappa shape index (κ3) is 5.31. The summed E-state index contributed by atoms with van der Waals surface area (Å²) in [5, 5.41) is 22.5. The van der Waals surface area contributed by atoms with E-state index in [1.165, 1.54) is 12.4 Å². The van der Waals surface area contributed by atoms with Crippen molar-refractivity contribution in [3.8, 4) is 0 Å². The molecule has 0 fully saturated rings. The Morgan fingerprint density at radius 2 is 2.00 bits per heavy atom. The summed E-state index contributed by atoms with van der Waals surface area (Å²) in [6, 6.07) is 10.8. The first-order chi connectivity index (χ1) is 11.1. The Bertz CT molecular complexity index is 639. The number of carbonyl (C=O) groups excluding carboxylic acids is 1. The fraction of sp³-hybridized carbons (Fsp3) is 0.250. The second kappa shape index (κ2) is 8.61. The van der Waals surface area contributed by atoms with E-state index in [0.29, 0.717) is 10.0 Å². The molecule has 6 nitrogen and oxygen atoms in total. The lowest BCUT2D eigenvalue weighted by Crippen LogP contribution is -2.35. The molecule has 0 saturated heterocycles. The van der Waals surface area contributed by atoms with Crippen molar-refractivity contribution in [1.29, 1.82) is 0 Å². The maximum atomic E-state index is 11.6. The van der Waals surface area contributed by atoms with Gasteiger partial charge in [0.05, 0.1) is 0 Å². The Morgan fingerprint density at radius 3 is 2.70 bits per heavy atom. The summed E-state index contributed by atoms with van der Waals surface area (Å²) in [6.07, 6.45) is 0.0541. The highest BCUT2D eigenvalue weighted by molar-refractivity contribution is 9.10. The molecular weight excluding hydrogens is 364 g/mol. The van der Waals surface area contributed by atoms with Crippen LogP contribution in [0.1, 0.15) is 17.2 Å². The number of hydrogen-bond donors (Lipinski definition) is 3. The lowest BCUT2D eigenvalue weighted by atomic mass is 10.1. The molecule has 2 unspecified atom stereocenters. The van der Waals surface area contributed by atoms with Gasteiger partial charge in [0.1, 0.15) is 18.8 Å². The van der Waals surface area contributed by atoms with Crippen molar-refractivity contribution in [3.63, 3.8) is 0 Å². The van der Waals surface area contributed by atoms with E-state index in [1.807, 2.05) is 30.3 Å². The Labute approximate surface area is 142 Å². The number of rotatable bonds is 6. The number of hydrogen-bond acceptors (Lipinski definition) is 5. The lowest BCUT2D eigenvalue weighted by molar-refractivity contribution is 0.0179. The number of nitrogens with one attached hydrogen (secondary N) is 1. The van der Waals surface area contributed by atoms with Gasteiger partial charge in [-0.1, -0.05) is 30.3 Å². The molecule has 0 saturated carbocycles. The average molecular weight is 381 g/mol. The number of aliphatic hydroxyl groups excluding tert-OH is 2. The van der Waals surface area contributed by atoms with E-state index in [9.17, 15) is 15.0 Å². The van der Waals surface area contributed by atoms with Crippen LogP contribution in [0, 0.1) is 0 Å². The van der Waals surface area contributed by atoms with E-state index in [1.54, 1.807) is 6.07 Å². The first kappa shape index (κ1) is 17.4. The Kier molecular flexibility index (Phi) is 6.52. The number of aliphatic hydroxyl groups is 2. The van der Waals surface area contributed by atoms with Crippen LogP contribution in [0.4, 0.5) is 4.79 Å². The minimum atomic E-state index is -1.17. The highest BCUT2D eigenvalue weighted by Crippen LogP contribution is 2.24. The van der Waals surface area contributed by atoms with Crippen molar-refractivity contribution in [2.75, 3.05) is 6.54 Å². The molecule has 0 spiro atoms. The van der Waals surface area contributed by atoms with Crippen molar-refractivity contribution in [1.82, 2.24) is 10.3 Å². The lowest BCUT2D eigenvalue weighted by Gasteiger charge is -2.19. The van der Waals surface area contributed by atoms with E-state index < -0.39 is 18.3 Å². The minimum absolute atomic E-state index is 0.135. The standard InChI is InChI=1S/C16H17BrN2O4/c17-13-8-18-7-6-12(13)15(21)14(20)9-19-16(22)23-10-11-4-2-1-3-5-11/h1-8,14-15,20-21H,9-10H2,(H,19,22). The molecule has 1 aromatic heterocycles. The molecule has 1 heterocycles. The zero-order valence-corrected chi connectivity index (χ0v) is 13.8. The quantitative estimate of drug-likeness (QED) is 0.714. The van der Waals surface area contributed by atoms with Crippen molar-refractivity contribution in [3.05, 3.63) is 64.4 Å². The highest BCUT2D eigenvalue weighted by Gasteiger charge is 2.21. The zero-order valence-electron chi connectivity index (χ0n) is 12.2. The number of amides is 1. The summed E-state index contributed by atoms with van der Waals surface area (Å²) < 4.78 is 5.61. The summed E-state index contributed by atoms with van der Waals surface area (Å²) in [4.78, 5) is 15.5. The SMILES string of the molecule is O=C(NCC(O)C(O)c1ccncc1Br)OCc1ccccc1. The summed E-state index contributed by atoms with van der Waals surface area (Å²) in [5.74, 6) is 0. The number of alkyl carbamates (subject to hydrolysis) is 1. The molecule has 0 radical (unpaired) electrons. The number of aromatic nitrogens is 1. The van der Waals surface area contributed by atoms with E-state index in [2.05, 4.69) is 26.2 Å². The first-order valence-electron chi connectivity index (χ1n) is 6.98. The van der Waals surface area contributed by atoms with Gasteiger partial charge in [0.15, 0.2) is 0 Å². The third-order valence-electron chi connectivity index (χ3n) is 3.16. The van der Waals surface area contributed by atoms with Crippen molar-refractivity contribution < 1.29 is 19.7 Å². The average Bonchev–Trinajstić information content (AvgIpc) is 2.58. The van der Waals surface area contributed by atoms with Crippen molar-refractivity contribution >= 4 is 22.0 Å². The molecule has 7 heteroatoms. The molecular formula is C16H17BrN2O4. The van der Waals surface area contributed by atoms with Crippen LogP contribution in [-0.4, -0.2) is 33.9 Å². The molecule has 1 aromatic carbocycles. The largest absolute Gasteiger partial charge is 0.445 e. The topological polar surface area (TPSA) is 91.7 Å². The van der Waals surface area contributed by atoms with Gasteiger partial charge < -0.3 is 20.3 Å². The van der Waals surface area contributed by atoms with Gasteiger partial charge in [-0.3, -0.25) is 4.98 Å². The fourth-order valence-electron chi connectivity index (χ4n) is 1.91. The van der Waals surface area contributed by atoms with E-state index >= 15 is 0 Å². The maximum Gasteiger partial charge on any atom is 0.407 e. The number of carbonyl (C=O) groups is 1. The van der Waals surface area contributed by atoms with Crippen molar-refractivity contribution in [2.45, 2.75) is 18.8 Å². The van der Waals surface area contributed by atoms with Crippen LogP contribution in [0.5, 0.6) is 0 Å². The number of ether oxygens (including phenoxy) is 1. The van der Waals surface area contributed by atoms with Gasteiger partial charge in [0, 0.05) is 29.0 Å². The van der Waals surface area contributed by atoms with Crippen LogP contribution in [0.2, 0.25) is 0 Å². The van der Waals surface area contributed by atoms with Gasteiger partial charge in [-0.25, -0.2) is 4.79 Å². The molecule has 1 amide bonds. The number of benzene rings is 1. The molecule has 0 aliphatic carbocycles. The van der Waals surface area contributed by atoms with Crippen LogP contribution in [-0.2, 0) is 11.3 Å². The van der Waals surface area contributed by atoms with Crippen LogP contribution >= 0.6 is 15.9 Å². The Balaban J connectivity index is 1.78. The molecule has 2 atom stereocenters. The first-order valence-corrected chi connectivity index (χ1v) is 7.77. The van der Waals surface area contributed by atoms with Gasteiger partial charge in [-0.15, -0.1) is 0 Å². The summed E-state index contributed by atoms with van der Waals surface area (Å²) in [5.41, 5.74) is 1.36. The monoisotopic (exact) mass is 380 g/mol. The van der Waals surface area contributed by atoms with Gasteiger partial charge in [0.25, 0.3) is 0 Å². The van der Waals surface area contributed by atoms with E-state index in [4.69, 9.17) is 4.74 Å². The molecule has 3 N–H and O–H groups in total. The highest BCUT2D eigenvalue weighted by atomic mass is 79.9. The van der Waals surface area contributed by atoms with Gasteiger partial charge in [0.2, 0.25) is 0 Å². The third-order valence-corrected chi connectivity index (χ3v) is 3.82. The number of halogens is 1. The predicted octanol–water partition coefficient (Wildman–Crippen LogP) is 2.16. The van der Waals surface area contributed by atoms with Crippen molar-refractivity contribution in [2.24, 2.45) is 0 Å². The second-order valence-electron chi connectivity index (χ2n) is 4.85. The summed E-state index contributed by atoms with van der Waals surface area (Å²) >= 11 is 3.25. The van der Waals surface area contributed by atoms with Gasteiger partial charge in [-0.05, 0) is 27.6 Å². The predicted molar refractivity (Wildman–Crippen MR) is 87.5 cm³/mol. The fourth-order valence-corrected chi connectivity index (χ4v) is 2.39. The number of pyridine rings is 1. The smallest absolute Gasteiger partial charge is 0.407 e. The van der Waals surface area contributed by atoms with Crippen LogP contribution in [0.25, 0.3) is 0 Å². The minimum Gasteiger partial charge on any atom is -0.445 e.